The third-order valence-corrected chi connectivity index (χ3v) is 15.8. The van der Waals surface area contributed by atoms with Gasteiger partial charge in [-0.1, -0.05) is 24.3 Å². The normalized spacial score (nSPS) is 27.6. The van der Waals surface area contributed by atoms with Crippen LogP contribution in [0.2, 0.25) is 0 Å². The Morgan fingerprint density at radius 2 is 0.895 bits per heavy atom. The molecule has 4 aromatic rings. The minimum Gasteiger partial charge on any atom is -0.507 e. The van der Waals surface area contributed by atoms with Gasteiger partial charge in [-0.25, -0.2) is 0 Å². The largest absolute Gasteiger partial charge is 0.507 e. The molecule has 0 spiro atoms. The van der Waals surface area contributed by atoms with Crippen molar-refractivity contribution in [2.75, 3.05) is 27.4 Å². The molecule has 16 N–H and O–H groups in total. The summed E-state index contributed by atoms with van der Waals surface area (Å²) in [5.41, 5.74) is 0.724. The van der Waals surface area contributed by atoms with E-state index in [1.807, 2.05) is 0 Å². The molecule has 6 aliphatic rings. The van der Waals surface area contributed by atoms with Crippen molar-refractivity contribution in [2.24, 2.45) is 0 Å². The summed E-state index contributed by atoms with van der Waals surface area (Å²) in [6, 6.07) is 7.80. The number of hydrogen-bond donors (Lipinski definition) is 12. The maximum Gasteiger partial charge on any atom is 0.202 e. The minimum atomic E-state index is -2.23. The number of Topliss-reactive ketones (excluding diaryl/α,β-unsaturated/α-hetero) is 2. The van der Waals surface area contributed by atoms with Crippen LogP contribution in [0.15, 0.2) is 36.4 Å². The second-order valence-electron chi connectivity index (χ2n) is 21.0. The highest BCUT2D eigenvalue weighted by Crippen LogP contribution is 2.55. The van der Waals surface area contributed by atoms with E-state index < -0.39 is 202 Å². The van der Waals surface area contributed by atoms with Crippen molar-refractivity contribution in [3.63, 3.8) is 0 Å². The summed E-state index contributed by atoms with van der Waals surface area (Å²) in [5, 5.41) is 137. The molecule has 0 saturated carbocycles. The molecule has 32 nitrogen and oxygen atoms in total. The molecule has 4 aliphatic carbocycles. The zero-order valence-corrected chi connectivity index (χ0v) is 46.0. The fourth-order valence-electron chi connectivity index (χ4n) is 11.6. The molecule has 2 aliphatic heterocycles. The number of hydrogen-bond acceptors (Lipinski definition) is 28. The molecule has 2 saturated heterocycles. The Hall–Kier alpha value is -8.38. The smallest absolute Gasteiger partial charge is 0.202 e. The minimum absolute atomic E-state index is 0.0450. The number of ether oxygens (including phenoxy) is 6. The Bertz CT molecular complexity index is 3170. The number of carbonyl (C=O) groups is 6. The standard InChI is InChI=1S/2C27H29NO11.2NO3/c2*1-10-22(31)13(28)6-17(38-10)39-15-8-27(36,16(30)9-29)7-12-19(15)26(35)21-20(24(12)33)23(32)11-4-3-5-14(37-2)18(11)25(21)34;2*2-1(3)4/h2*3-5,10,13,15,17,22,29,31,33,35-36H,6-9,28H2,1-2H3;;/q;;2*-1/p+2/t2*10-,13-,15-,17-,22+,27-;;/m00../s1. The Kier molecular flexibility index (Phi) is 19.2. The van der Waals surface area contributed by atoms with E-state index in [1.54, 1.807) is 13.8 Å². The number of quaternary nitrogens is 2. The van der Waals surface area contributed by atoms with Crippen LogP contribution >= 0.6 is 0 Å². The highest BCUT2D eigenvalue weighted by molar-refractivity contribution is 6.32. The number of carbonyl (C=O) groups excluding carboxylic acids is 6. The topological polar surface area (TPSA) is 548 Å². The van der Waals surface area contributed by atoms with Crippen LogP contribution in [0.1, 0.15) is 138 Å². The quantitative estimate of drug-likeness (QED) is 0.0404. The van der Waals surface area contributed by atoms with Crippen molar-refractivity contribution in [3.8, 4) is 34.5 Å². The van der Waals surface area contributed by atoms with Crippen molar-refractivity contribution in [2.45, 2.75) is 125 Å². The molecule has 4 aromatic carbocycles. The Morgan fingerprint density at radius 3 is 1.19 bits per heavy atom. The van der Waals surface area contributed by atoms with E-state index in [-0.39, 0.29) is 68.8 Å². The summed E-state index contributed by atoms with van der Waals surface area (Å²) >= 11 is 0. The van der Waals surface area contributed by atoms with Gasteiger partial charge in [0, 0.05) is 59.1 Å². The van der Waals surface area contributed by atoms with Gasteiger partial charge >= 0.3 is 0 Å². The average Bonchev–Trinajstić information content (AvgIpc) is 0.770. The molecule has 0 amide bonds. The number of phenols is 4. The third kappa shape index (κ3) is 12.0. The van der Waals surface area contributed by atoms with E-state index >= 15 is 0 Å². The van der Waals surface area contributed by atoms with Gasteiger partial charge in [0.1, 0.15) is 83.2 Å². The monoisotopic (exact) mass is 1210 g/mol. The third-order valence-electron chi connectivity index (χ3n) is 15.8. The average molecular weight is 1210 g/mol. The second-order valence-corrected chi connectivity index (χ2v) is 21.0. The van der Waals surface area contributed by atoms with Crippen molar-refractivity contribution in [1.29, 1.82) is 0 Å². The van der Waals surface area contributed by atoms with Gasteiger partial charge in [0.2, 0.25) is 11.6 Å². The first-order valence-electron chi connectivity index (χ1n) is 26.1. The number of aromatic hydroxyl groups is 4. The summed E-state index contributed by atoms with van der Waals surface area (Å²) < 4.78 is 34.2. The lowest BCUT2D eigenvalue weighted by Crippen LogP contribution is -2.71. The lowest BCUT2D eigenvalue weighted by atomic mass is 9.72. The number of aliphatic hydroxyl groups excluding tert-OH is 4. The predicted octanol–water partition coefficient (Wildman–Crippen LogP) is -1.91. The summed E-state index contributed by atoms with van der Waals surface area (Å²) in [7, 11) is 2.65. The highest BCUT2D eigenvalue weighted by atomic mass is 16.9. The molecule has 2 fully saturated rings. The SMILES string of the molecule is COc1cccc2c1C(=O)c1c(O)c3c(c(O)c1C2=O)C[C@@](O)(C(=O)CO)C[C@@H]3O[C@H]1C[C@H]([NH3+])[C@H](O)[C@H](C)O1.COc1cccc2c1C(=O)c1c(O)c3c(c(O)c1C2=O)C[C@@](O)(C(=O)CO)C[C@@H]3O[C@H]1C[C@H]([NH3+])[C@H](O)[C@H](C)O1.O=[N+]([O-])[O-].O=[N+]([O-])[O-]. The Labute approximate surface area is 484 Å². The van der Waals surface area contributed by atoms with E-state index in [1.165, 1.54) is 50.6 Å². The van der Waals surface area contributed by atoms with Crippen LogP contribution in [0.3, 0.4) is 0 Å². The van der Waals surface area contributed by atoms with Crippen molar-refractivity contribution < 1.29 is 130 Å². The molecule has 32 heteroatoms. The molecule has 0 unspecified atom stereocenters. The Morgan fingerprint density at radius 1 is 0.581 bits per heavy atom. The van der Waals surface area contributed by atoms with Gasteiger partial charge in [-0.05, 0) is 26.0 Å². The van der Waals surface area contributed by atoms with Crippen molar-refractivity contribution in [1.82, 2.24) is 0 Å². The summed E-state index contributed by atoms with van der Waals surface area (Å²) in [5.74, 6) is -7.42. The van der Waals surface area contributed by atoms with Crippen LogP contribution < -0.4 is 20.9 Å². The number of fused-ring (bicyclic) bond motifs is 6. The number of methoxy groups -OCH3 is 2. The first kappa shape index (κ1) is 65.2. The molecule has 0 bridgehead atoms. The zero-order chi connectivity index (χ0) is 63.9. The van der Waals surface area contributed by atoms with Crippen LogP contribution in [0.4, 0.5) is 0 Å². The van der Waals surface area contributed by atoms with Gasteiger partial charge in [0.25, 0.3) is 0 Å². The maximum absolute atomic E-state index is 13.7. The van der Waals surface area contributed by atoms with Gasteiger partial charge in [0.15, 0.2) is 35.7 Å². The fraction of sp³-hybridized carbons (Fsp3) is 0.444. The molecule has 464 valence electrons. The lowest BCUT2D eigenvalue weighted by molar-refractivity contribution is -0.467. The van der Waals surface area contributed by atoms with Crippen molar-refractivity contribution >= 4 is 34.7 Å². The molecule has 86 heavy (non-hydrogen) atoms. The number of benzene rings is 4. The van der Waals surface area contributed by atoms with Crippen molar-refractivity contribution in [3.05, 3.63) is 134 Å². The number of nitrogens with zero attached hydrogens (tertiary/aromatic N) is 2. The summed E-state index contributed by atoms with van der Waals surface area (Å²) in [6.07, 6.45) is -9.43. The highest BCUT2D eigenvalue weighted by Gasteiger charge is 2.53. The molecular weight excluding hydrogens is 1150 g/mol. The predicted molar refractivity (Wildman–Crippen MR) is 282 cm³/mol. The fourth-order valence-corrected chi connectivity index (χ4v) is 11.6. The van der Waals surface area contributed by atoms with E-state index in [0.29, 0.717) is 0 Å². The Balaban J connectivity index is 0.000000219. The number of aliphatic hydroxyl groups is 6. The number of ketones is 6. The molecule has 0 aromatic heterocycles. The lowest BCUT2D eigenvalue weighted by Gasteiger charge is -2.41. The van der Waals surface area contributed by atoms with E-state index in [9.17, 15) is 79.8 Å². The molecule has 12 atom stereocenters. The van der Waals surface area contributed by atoms with Gasteiger partial charge in [0.05, 0.1) is 95.0 Å². The number of phenolic OH excluding ortho intramolecular Hbond substituents is 4. The summed E-state index contributed by atoms with van der Waals surface area (Å²) in [4.78, 5) is 96.0. The van der Waals surface area contributed by atoms with E-state index in [0.717, 1.165) is 0 Å². The molecule has 2 heterocycles. The first-order valence-corrected chi connectivity index (χ1v) is 26.1. The van der Waals surface area contributed by atoms with E-state index in [2.05, 4.69) is 11.5 Å². The first-order chi connectivity index (χ1) is 40.3. The molecular formula is C54H60N4O28. The van der Waals surface area contributed by atoms with E-state index in [4.69, 9.17) is 59.1 Å². The van der Waals surface area contributed by atoms with Crippen LogP contribution in [0, 0.1) is 30.6 Å². The zero-order valence-electron chi connectivity index (χ0n) is 46.0. The van der Waals surface area contributed by atoms with Gasteiger partial charge in [-0.3, -0.25) is 28.8 Å². The van der Waals surface area contributed by atoms with Gasteiger partial charge < -0.3 is 122 Å². The van der Waals surface area contributed by atoms with Gasteiger partial charge in [-0.2, -0.15) is 0 Å². The molecule has 10 rings (SSSR count). The summed E-state index contributed by atoms with van der Waals surface area (Å²) in [6.45, 7) is 1.22. The van der Waals surface area contributed by atoms with Gasteiger partial charge in [-0.15, -0.1) is 0 Å². The van der Waals surface area contributed by atoms with Crippen LogP contribution in [-0.2, 0) is 41.4 Å². The van der Waals surface area contributed by atoms with Crippen LogP contribution in [-0.4, -0.2) is 184 Å². The molecule has 0 radical (unpaired) electrons. The number of rotatable bonds is 10. The van der Waals surface area contributed by atoms with Crippen LogP contribution in [0.25, 0.3) is 0 Å². The second kappa shape index (κ2) is 25.3. The van der Waals surface area contributed by atoms with Crippen LogP contribution in [0.5, 0.6) is 34.5 Å². The maximum atomic E-state index is 13.7.